The highest BCUT2D eigenvalue weighted by Crippen LogP contribution is 2.20. The Bertz CT molecular complexity index is 1100. The van der Waals surface area contributed by atoms with Crippen molar-refractivity contribution < 1.29 is 24.5 Å². The summed E-state index contributed by atoms with van der Waals surface area (Å²) in [5.74, 6) is -0.0128. The summed E-state index contributed by atoms with van der Waals surface area (Å²) >= 11 is 0. The van der Waals surface area contributed by atoms with Crippen LogP contribution in [0.1, 0.15) is 412 Å². The molecule has 0 aliphatic rings. The zero-order valence-electron chi connectivity index (χ0n) is 52.0. The number of unbranched alkanes of at least 4 members (excludes halogenated alkanes) is 56. The second-order valence-corrected chi connectivity index (χ2v) is 24.6. The molecular weight excluding hydrogens is 935 g/mol. The molecule has 3 N–H and O–H groups in total. The van der Waals surface area contributed by atoms with Crippen molar-refractivity contribution in [1.82, 2.24) is 5.32 Å². The second kappa shape index (κ2) is 66.4. The monoisotopic (exact) mass is 1070 g/mol. The molecule has 454 valence electrons. The normalized spacial score (nSPS) is 12.4. The SMILES string of the molecule is CCCCCCCCCCCCCCCCCCCCCCCCCCC(O)C(CO)NC(=O)CCCCCCCCCCCCCCCCCCCCCCCCOC(=O)CCCCCCCCCCCCCCC. The van der Waals surface area contributed by atoms with Crippen molar-refractivity contribution in [3.05, 3.63) is 0 Å². The van der Waals surface area contributed by atoms with Crippen molar-refractivity contribution in [2.45, 2.75) is 424 Å². The van der Waals surface area contributed by atoms with Crippen LogP contribution in [0.3, 0.4) is 0 Å². The topological polar surface area (TPSA) is 95.9 Å². The quantitative estimate of drug-likeness (QED) is 0.0417. The Morgan fingerprint density at radius 2 is 0.539 bits per heavy atom. The van der Waals surface area contributed by atoms with Crippen LogP contribution in [0.5, 0.6) is 0 Å². The largest absolute Gasteiger partial charge is 0.466 e. The second-order valence-electron chi connectivity index (χ2n) is 24.6. The van der Waals surface area contributed by atoms with Gasteiger partial charge in [0, 0.05) is 12.8 Å². The van der Waals surface area contributed by atoms with E-state index in [1.165, 1.54) is 340 Å². The summed E-state index contributed by atoms with van der Waals surface area (Å²) in [7, 11) is 0. The van der Waals surface area contributed by atoms with Crippen LogP contribution >= 0.6 is 0 Å². The minimum atomic E-state index is -0.665. The van der Waals surface area contributed by atoms with Gasteiger partial charge in [0.25, 0.3) is 0 Å². The minimum Gasteiger partial charge on any atom is -0.466 e. The Kier molecular flexibility index (Phi) is 65.4. The predicted molar refractivity (Wildman–Crippen MR) is 334 cm³/mol. The molecule has 0 aromatic rings. The van der Waals surface area contributed by atoms with E-state index in [4.69, 9.17) is 4.74 Å². The fourth-order valence-corrected chi connectivity index (χ4v) is 11.5. The lowest BCUT2D eigenvalue weighted by atomic mass is 10.0. The van der Waals surface area contributed by atoms with Gasteiger partial charge in [0.05, 0.1) is 25.4 Å². The number of rotatable bonds is 67. The van der Waals surface area contributed by atoms with Crippen LogP contribution in [-0.4, -0.2) is 47.4 Å². The Morgan fingerprint density at radius 1 is 0.316 bits per heavy atom. The highest BCUT2D eigenvalue weighted by molar-refractivity contribution is 5.76. The van der Waals surface area contributed by atoms with Gasteiger partial charge in [-0.25, -0.2) is 0 Å². The molecule has 1 amide bonds. The molecule has 0 rings (SSSR count). The van der Waals surface area contributed by atoms with Crippen LogP contribution < -0.4 is 5.32 Å². The number of carbonyl (C=O) groups excluding carboxylic acids is 2. The van der Waals surface area contributed by atoms with Gasteiger partial charge in [0.2, 0.25) is 5.91 Å². The van der Waals surface area contributed by atoms with Crippen molar-refractivity contribution in [3.63, 3.8) is 0 Å². The van der Waals surface area contributed by atoms with E-state index in [0.717, 1.165) is 38.5 Å². The molecule has 76 heavy (non-hydrogen) atoms. The van der Waals surface area contributed by atoms with E-state index in [0.29, 0.717) is 25.9 Å². The molecule has 2 unspecified atom stereocenters. The number of nitrogens with one attached hydrogen (secondary N) is 1. The molecule has 6 heteroatoms. The molecule has 2 atom stereocenters. The van der Waals surface area contributed by atoms with Gasteiger partial charge in [-0.2, -0.15) is 0 Å². The lowest BCUT2D eigenvalue weighted by molar-refractivity contribution is -0.143. The van der Waals surface area contributed by atoms with Gasteiger partial charge in [-0.3, -0.25) is 9.59 Å². The summed E-state index contributed by atoms with van der Waals surface area (Å²) < 4.78 is 5.49. The standard InChI is InChI=1S/C70H139NO5/c1-3-5-7-9-11-13-15-17-18-19-20-21-22-23-26-29-32-35-39-42-46-50-54-58-62-68(73)67(66-72)71-69(74)63-59-55-51-47-43-40-36-33-30-27-24-25-28-31-34-37-41-45-49-53-57-61-65-76-70(75)64-60-56-52-48-44-38-16-14-12-10-8-6-4-2/h67-68,72-73H,3-66H2,1-2H3,(H,71,74). The summed E-state index contributed by atoms with van der Waals surface area (Å²) in [6.07, 6.45) is 80.0. The zero-order chi connectivity index (χ0) is 55.0. The maximum atomic E-state index is 12.6. The fraction of sp³-hybridized carbons (Fsp3) is 0.971. The first kappa shape index (κ1) is 74.9. The zero-order valence-corrected chi connectivity index (χ0v) is 52.0. The third-order valence-electron chi connectivity index (χ3n) is 16.9. The number of hydrogen-bond acceptors (Lipinski definition) is 5. The molecule has 0 heterocycles. The maximum Gasteiger partial charge on any atom is 0.305 e. The molecule has 0 bridgehead atoms. The van der Waals surface area contributed by atoms with Crippen LogP contribution in [0.4, 0.5) is 0 Å². The Hall–Kier alpha value is -1.14. The molecule has 0 saturated carbocycles. The Morgan fingerprint density at radius 3 is 0.803 bits per heavy atom. The summed E-state index contributed by atoms with van der Waals surface area (Å²) in [4.78, 5) is 24.6. The number of aliphatic hydroxyl groups excluding tert-OH is 2. The van der Waals surface area contributed by atoms with Gasteiger partial charge >= 0.3 is 5.97 Å². The molecule has 6 nitrogen and oxygen atoms in total. The Labute approximate surface area is 476 Å². The van der Waals surface area contributed by atoms with Crippen molar-refractivity contribution in [2.75, 3.05) is 13.2 Å². The minimum absolute atomic E-state index is 0.0164. The van der Waals surface area contributed by atoms with Crippen molar-refractivity contribution in [1.29, 1.82) is 0 Å². The molecule has 0 aliphatic carbocycles. The van der Waals surface area contributed by atoms with E-state index >= 15 is 0 Å². The third kappa shape index (κ3) is 62.1. The van der Waals surface area contributed by atoms with Crippen molar-refractivity contribution in [3.8, 4) is 0 Å². The van der Waals surface area contributed by atoms with Gasteiger partial charge in [-0.15, -0.1) is 0 Å². The number of aliphatic hydroxyl groups is 2. The van der Waals surface area contributed by atoms with Crippen molar-refractivity contribution >= 4 is 11.9 Å². The van der Waals surface area contributed by atoms with Crippen LogP contribution in [0.2, 0.25) is 0 Å². The number of esters is 1. The molecule has 0 aliphatic heterocycles. The number of amides is 1. The van der Waals surface area contributed by atoms with E-state index in [2.05, 4.69) is 19.2 Å². The van der Waals surface area contributed by atoms with Crippen LogP contribution in [0, 0.1) is 0 Å². The first-order chi connectivity index (χ1) is 37.5. The molecule has 0 fully saturated rings. The van der Waals surface area contributed by atoms with Gasteiger partial charge in [-0.05, 0) is 25.7 Å². The molecule has 0 radical (unpaired) electrons. The molecule has 0 saturated heterocycles. The number of hydrogen-bond donors (Lipinski definition) is 3. The first-order valence-electron chi connectivity index (χ1n) is 35.3. The molecule has 0 spiro atoms. The van der Waals surface area contributed by atoms with E-state index in [9.17, 15) is 19.8 Å². The Balaban J connectivity index is 3.37. The van der Waals surface area contributed by atoms with E-state index in [1.54, 1.807) is 0 Å². The van der Waals surface area contributed by atoms with Crippen LogP contribution in [-0.2, 0) is 14.3 Å². The summed E-state index contributed by atoms with van der Waals surface area (Å²) in [6.45, 7) is 5.00. The molecule has 0 aromatic carbocycles. The maximum absolute atomic E-state index is 12.6. The average Bonchev–Trinajstić information content (AvgIpc) is 3.42. The predicted octanol–water partition coefficient (Wildman–Crippen LogP) is 22.6. The summed E-state index contributed by atoms with van der Waals surface area (Å²) in [5, 5.41) is 23.4. The third-order valence-corrected chi connectivity index (χ3v) is 16.9. The smallest absolute Gasteiger partial charge is 0.305 e. The highest BCUT2D eigenvalue weighted by Gasteiger charge is 2.20. The average molecular weight is 1070 g/mol. The van der Waals surface area contributed by atoms with Gasteiger partial charge < -0.3 is 20.3 Å². The van der Waals surface area contributed by atoms with Gasteiger partial charge in [0.15, 0.2) is 0 Å². The van der Waals surface area contributed by atoms with Gasteiger partial charge in [0.1, 0.15) is 0 Å². The van der Waals surface area contributed by atoms with E-state index < -0.39 is 12.1 Å². The van der Waals surface area contributed by atoms with Crippen molar-refractivity contribution in [2.24, 2.45) is 0 Å². The van der Waals surface area contributed by atoms with E-state index in [-0.39, 0.29) is 18.5 Å². The number of carbonyl (C=O) groups is 2. The summed E-state index contributed by atoms with van der Waals surface area (Å²) in [6, 6.07) is -0.542. The molecule has 0 aromatic heterocycles. The first-order valence-corrected chi connectivity index (χ1v) is 35.3. The number of ether oxygens (including phenoxy) is 1. The van der Waals surface area contributed by atoms with Crippen LogP contribution in [0.15, 0.2) is 0 Å². The summed E-state index contributed by atoms with van der Waals surface area (Å²) in [5.41, 5.74) is 0. The highest BCUT2D eigenvalue weighted by atomic mass is 16.5. The molecular formula is C70H139NO5. The van der Waals surface area contributed by atoms with E-state index in [1.807, 2.05) is 0 Å². The van der Waals surface area contributed by atoms with Crippen LogP contribution in [0.25, 0.3) is 0 Å². The lowest BCUT2D eigenvalue weighted by Gasteiger charge is -2.22. The van der Waals surface area contributed by atoms with Gasteiger partial charge in [-0.1, -0.05) is 373 Å². The lowest BCUT2D eigenvalue weighted by Crippen LogP contribution is -2.45. The fourth-order valence-electron chi connectivity index (χ4n) is 11.5.